The Labute approximate surface area is 201 Å². The molecule has 4 unspecified atom stereocenters. The molecule has 0 radical (unpaired) electrons. The molecule has 0 aromatic carbocycles. The van der Waals surface area contributed by atoms with Gasteiger partial charge in [0.05, 0.1) is 12.6 Å². The standard InChI is InChI=1S/C26H37N5O3/c1-2-18-12-23-24(30-25(18)32)11-17(13-27-23)15-31-8-5-19(6-9-31)20-3-4-22(28-14-20)26(33)29-21-7-10-34-16-21/h3-5,14,17-18,21,23-24,27H,2,6-13,15-16H2,1H3,(H,29,33)(H,30,32)/t17?,18?,21-,23?,24?/m1/s1. The van der Waals surface area contributed by atoms with Crippen LogP contribution >= 0.6 is 0 Å². The number of carbonyl (C=O) groups is 2. The minimum absolute atomic E-state index is 0.0916. The lowest BCUT2D eigenvalue weighted by atomic mass is 9.80. The number of amides is 2. The number of hydrogen-bond acceptors (Lipinski definition) is 6. The Morgan fingerprint density at radius 3 is 2.91 bits per heavy atom. The molecule has 34 heavy (non-hydrogen) atoms. The maximum atomic E-state index is 12.4. The van der Waals surface area contributed by atoms with Crippen molar-refractivity contribution in [3.05, 3.63) is 35.7 Å². The lowest BCUT2D eigenvalue weighted by molar-refractivity contribution is -0.129. The quantitative estimate of drug-likeness (QED) is 0.588. The first-order valence-corrected chi connectivity index (χ1v) is 12.9. The van der Waals surface area contributed by atoms with Crippen LogP contribution in [-0.2, 0) is 9.53 Å². The maximum absolute atomic E-state index is 12.4. The fourth-order valence-electron chi connectivity index (χ4n) is 5.81. The van der Waals surface area contributed by atoms with Gasteiger partial charge in [0.1, 0.15) is 5.69 Å². The molecule has 5 atom stereocenters. The van der Waals surface area contributed by atoms with Gasteiger partial charge in [0.15, 0.2) is 0 Å². The van der Waals surface area contributed by atoms with Gasteiger partial charge in [-0.15, -0.1) is 0 Å². The number of carbonyl (C=O) groups excluding carboxylic acids is 2. The summed E-state index contributed by atoms with van der Waals surface area (Å²) in [6, 6.07) is 4.62. The van der Waals surface area contributed by atoms with Gasteiger partial charge >= 0.3 is 0 Å². The molecule has 2 amide bonds. The van der Waals surface area contributed by atoms with Crippen LogP contribution in [0.4, 0.5) is 0 Å². The monoisotopic (exact) mass is 467 g/mol. The highest BCUT2D eigenvalue weighted by molar-refractivity contribution is 5.92. The molecular formula is C26H37N5O3. The smallest absolute Gasteiger partial charge is 0.270 e. The molecule has 5 heterocycles. The second kappa shape index (κ2) is 10.5. The normalized spacial score (nSPS) is 32.0. The lowest BCUT2D eigenvalue weighted by Crippen LogP contribution is -2.62. The Hall–Kier alpha value is -2.29. The third-order valence-corrected chi connectivity index (χ3v) is 7.91. The van der Waals surface area contributed by atoms with Crippen molar-refractivity contribution in [3.63, 3.8) is 0 Å². The third-order valence-electron chi connectivity index (χ3n) is 7.91. The SMILES string of the molecule is CCC1CC2NCC(CN3CC=C(c4ccc(C(=O)N[C@@H]5CCOC5)nc4)CC3)CC2NC1=O. The second-order valence-corrected chi connectivity index (χ2v) is 10.3. The number of nitrogens with one attached hydrogen (secondary N) is 3. The van der Waals surface area contributed by atoms with Crippen molar-refractivity contribution < 1.29 is 14.3 Å². The van der Waals surface area contributed by atoms with Crippen molar-refractivity contribution in [1.29, 1.82) is 0 Å². The summed E-state index contributed by atoms with van der Waals surface area (Å²) in [6.45, 7) is 7.41. The first-order chi connectivity index (χ1) is 16.6. The summed E-state index contributed by atoms with van der Waals surface area (Å²) >= 11 is 0. The van der Waals surface area contributed by atoms with Crippen LogP contribution in [0.25, 0.3) is 5.57 Å². The van der Waals surface area contributed by atoms with Gasteiger partial charge < -0.3 is 20.7 Å². The Balaban J connectivity index is 1.10. The van der Waals surface area contributed by atoms with Gasteiger partial charge in [-0.1, -0.05) is 19.1 Å². The molecule has 0 aliphatic carbocycles. The molecule has 4 aliphatic rings. The summed E-state index contributed by atoms with van der Waals surface area (Å²) in [6.07, 6.45) is 8.91. The largest absolute Gasteiger partial charge is 0.379 e. The molecule has 3 fully saturated rings. The summed E-state index contributed by atoms with van der Waals surface area (Å²) in [4.78, 5) is 31.6. The number of rotatable bonds is 6. The van der Waals surface area contributed by atoms with Crippen LogP contribution in [0.3, 0.4) is 0 Å². The minimum atomic E-state index is -0.131. The van der Waals surface area contributed by atoms with E-state index in [0.29, 0.717) is 30.9 Å². The highest BCUT2D eigenvalue weighted by Crippen LogP contribution is 2.28. The molecule has 8 nitrogen and oxygen atoms in total. The van der Waals surface area contributed by atoms with Gasteiger partial charge in [-0.3, -0.25) is 19.5 Å². The van der Waals surface area contributed by atoms with Gasteiger partial charge in [-0.05, 0) is 61.8 Å². The third kappa shape index (κ3) is 5.34. The van der Waals surface area contributed by atoms with Crippen molar-refractivity contribution in [3.8, 4) is 0 Å². The minimum Gasteiger partial charge on any atom is -0.379 e. The van der Waals surface area contributed by atoms with Gasteiger partial charge in [-0.2, -0.15) is 0 Å². The predicted molar refractivity (Wildman–Crippen MR) is 130 cm³/mol. The number of aromatic nitrogens is 1. The topological polar surface area (TPSA) is 95.6 Å². The summed E-state index contributed by atoms with van der Waals surface area (Å²) in [5.41, 5.74) is 2.85. The van der Waals surface area contributed by atoms with Crippen LogP contribution in [0.2, 0.25) is 0 Å². The number of hydrogen-bond donors (Lipinski definition) is 3. The van der Waals surface area contributed by atoms with Gasteiger partial charge in [0, 0.05) is 50.4 Å². The Kier molecular flexibility index (Phi) is 7.27. The van der Waals surface area contributed by atoms with E-state index in [9.17, 15) is 9.59 Å². The summed E-state index contributed by atoms with van der Waals surface area (Å²) < 4.78 is 5.32. The molecule has 5 rings (SSSR count). The summed E-state index contributed by atoms with van der Waals surface area (Å²) in [5, 5.41) is 9.97. The Morgan fingerprint density at radius 1 is 1.29 bits per heavy atom. The van der Waals surface area contributed by atoms with E-state index in [1.165, 1.54) is 5.57 Å². The van der Waals surface area contributed by atoms with E-state index in [1.54, 1.807) is 0 Å². The number of pyridine rings is 1. The van der Waals surface area contributed by atoms with E-state index in [1.807, 2.05) is 18.3 Å². The summed E-state index contributed by atoms with van der Waals surface area (Å²) in [7, 11) is 0. The van der Waals surface area contributed by atoms with Crippen molar-refractivity contribution >= 4 is 17.4 Å². The number of piperidine rings is 2. The van der Waals surface area contributed by atoms with E-state index in [-0.39, 0.29) is 29.8 Å². The molecule has 0 spiro atoms. The van der Waals surface area contributed by atoms with Crippen molar-refractivity contribution in [2.24, 2.45) is 11.8 Å². The van der Waals surface area contributed by atoms with E-state index in [0.717, 1.165) is 63.8 Å². The van der Waals surface area contributed by atoms with Crippen LogP contribution < -0.4 is 16.0 Å². The van der Waals surface area contributed by atoms with Crippen LogP contribution in [0.5, 0.6) is 0 Å². The van der Waals surface area contributed by atoms with E-state index in [4.69, 9.17) is 4.74 Å². The highest BCUT2D eigenvalue weighted by Gasteiger charge is 2.38. The predicted octanol–water partition coefficient (Wildman–Crippen LogP) is 1.58. The molecule has 3 N–H and O–H groups in total. The molecule has 8 heteroatoms. The van der Waals surface area contributed by atoms with Gasteiger partial charge in [-0.25, -0.2) is 0 Å². The Bertz CT molecular complexity index is 912. The molecule has 4 aliphatic heterocycles. The van der Waals surface area contributed by atoms with E-state index < -0.39 is 0 Å². The van der Waals surface area contributed by atoms with Crippen LogP contribution in [0, 0.1) is 11.8 Å². The average molecular weight is 468 g/mol. The van der Waals surface area contributed by atoms with E-state index >= 15 is 0 Å². The van der Waals surface area contributed by atoms with E-state index in [2.05, 4.69) is 38.8 Å². The van der Waals surface area contributed by atoms with Crippen LogP contribution in [0.1, 0.15) is 55.1 Å². The van der Waals surface area contributed by atoms with Crippen LogP contribution in [0.15, 0.2) is 24.4 Å². The highest BCUT2D eigenvalue weighted by atomic mass is 16.5. The zero-order chi connectivity index (χ0) is 23.5. The summed E-state index contributed by atoms with van der Waals surface area (Å²) in [5.74, 6) is 0.824. The van der Waals surface area contributed by atoms with Crippen molar-refractivity contribution in [2.75, 3.05) is 39.4 Å². The molecule has 1 aromatic heterocycles. The molecule has 0 saturated carbocycles. The molecule has 184 valence electrons. The first-order valence-electron chi connectivity index (χ1n) is 12.9. The lowest BCUT2D eigenvalue weighted by Gasteiger charge is -2.44. The fourth-order valence-corrected chi connectivity index (χ4v) is 5.81. The molecular weight excluding hydrogens is 430 g/mol. The average Bonchev–Trinajstić information content (AvgIpc) is 3.37. The molecule has 3 saturated heterocycles. The molecule has 1 aromatic rings. The first kappa shape index (κ1) is 23.5. The fraction of sp³-hybridized carbons (Fsp3) is 0.654. The van der Waals surface area contributed by atoms with Crippen molar-refractivity contribution in [1.82, 2.24) is 25.8 Å². The second-order valence-electron chi connectivity index (χ2n) is 10.3. The Morgan fingerprint density at radius 2 is 2.21 bits per heavy atom. The number of fused-ring (bicyclic) bond motifs is 1. The van der Waals surface area contributed by atoms with Crippen molar-refractivity contribution in [2.45, 2.75) is 57.2 Å². The number of nitrogens with zero attached hydrogens (tertiary/aromatic N) is 2. The van der Waals surface area contributed by atoms with Crippen LogP contribution in [-0.4, -0.2) is 79.2 Å². The molecule has 0 bridgehead atoms. The zero-order valence-corrected chi connectivity index (χ0v) is 20.1. The number of ether oxygens (including phenoxy) is 1. The van der Waals surface area contributed by atoms with Gasteiger partial charge in [0.25, 0.3) is 5.91 Å². The maximum Gasteiger partial charge on any atom is 0.270 e. The van der Waals surface area contributed by atoms with Gasteiger partial charge in [0.2, 0.25) is 5.91 Å². The zero-order valence-electron chi connectivity index (χ0n) is 20.1.